The van der Waals surface area contributed by atoms with Crippen molar-refractivity contribution in [2.75, 3.05) is 46.6 Å². The predicted octanol–water partition coefficient (Wildman–Crippen LogP) is 1.31. The van der Waals surface area contributed by atoms with Gasteiger partial charge in [0, 0.05) is 19.6 Å². The SMILES string of the molecule is COc1ccc(OCCN2CCOCC2)cc1[N+](=O)[O-]. The number of methoxy groups -OCH3 is 1. The predicted molar refractivity (Wildman–Crippen MR) is 72.4 cm³/mol. The molecular weight excluding hydrogens is 264 g/mol. The fourth-order valence-electron chi connectivity index (χ4n) is 2.02. The summed E-state index contributed by atoms with van der Waals surface area (Å²) >= 11 is 0. The number of morpholine rings is 1. The van der Waals surface area contributed by atoms with Crippen LogP contribution in [0.1, 0.15) is 0 Å². The number of rotatable bonds is 6. The van der Waals surface area contributed by atoms with E-state index >= 15 is 0 Å². The fraction of sp³-hybridized carbons (Fsp3) is 0.538. The number of benzene rings is 1. The summed E-state index contributed by atoms with van der Waals surface area (Å²) in [5.41, 5.74) is -0.0867. The number of nitro groups is 1. The normalized spacial score (nSPS) is 15.8. The van der Waals surface area contributed by atoms with E-state index in [0.29, 0.717) is 12.4 Å². The van der Waals surface area contributed by atoms with Crippen molar-refractivity contribution in [1.82, 2.24) is 4.90 Å². The minimum atomic E-state index is -0.479. The number of hydrogen-bond acceptors (Lipinski definition) is 6. The molecule has 0 N–H and O–H groups in total. The van der Waals surface area contributed by atoms with Gasteiger partial charge in [-0.1, -0.05) is 0 Å². The van der Waals surface area contributed by atoms with Crippen LogP contribution in [0.4, 0.5) is 5.69 Å². The quantitative estimate of drug-likeness (QED) is 0.578. The molecule has 0 aromatic heterocycles. The van der Waals surface area contributed by atoms with Gasteiger partial charge >= 0.3 is 5.69 Å². The van der Waals surface area contributed by atoms with Crippen molar-refractivity contribution in [1.29, 1.82) is 0 Å². The van der Waals surface area contributed by atoms with Crippen molar-refractivity contribution in [3.05, 3.63) is 28.3 Å². The smallest absolute Gasteiger partial charge is 0.314 e. The Morgan fingerprint density at radius 3 is 2.80 bits per heavy atom. The molecule has 20 heavy (non-hydrogen) atoms. The standard InChI is InChI=1S/C13H18N2O5/c1-18-13-3-2-11(10-12(13)15(16)17)20-9-6-14-4-7-19-8-5-14/h2-3,10H,4-9H2,1H3. The summed E-state index contributed by atoms with van der Waals surface area (Å²) < 4.78 is 15.8. The van der Waals surface area contributed by atoms with E-state index in [4.69, 9.17) is 14.2 Å². The van der Waals surface area contributed by atoms with Gasteiger partial charge in [-0.3, -0.25) is 15.0 Å². The largest absolute Gasteiger partial charge is 0.492 e. The van der Waals surface area contributed by atoms with E-state index in [9.17, 15) is 10.1 Å². The van der Waals surface area contributed by atoms with Crippen LogP contribution in [0, 0.1) is 10.1 Å². The van der Waals surface area contributed by atoms with Crippen molar-refractivity contribution in [3.8, 4) is 11.5 Å². The van der Waals surface area contributed by atoms with Gasteiger partial charge in [-0.2, -0.15) is 0 Å². The molecule has 1 aliphatic rings. The van der Waals surface area contributed by atoms with Gasteiger partial charge in [0.2, 0.25) is 0 Å². The highest BCUT2D eigenvalue weighted by Crippen LogP contribution is 2.30. The molecule has 0 radical (unpaired) electrons. The Labute approximate surface area is 117 Å². The summed E-state index contributed by atoms with van der Waals surface area (Å²) in [6, 6.07) is 4.60. The van der Waals surface area contributed by atoms with Crippen molar-refractivity contribution >= 4 is 5.69 Å². The molecule has 7 nitrogen and oxygen atoms in total. The van der Waals surface area contributed by atoms with E-state index in [1.807, 2.05) is 0 Å². The molecule has 1 aliphatic heterocycles. The van der Waals surface area contributed by atoms with Gasteiger partial charge in [-0.25, -0.2) is 0 Å². The molecule has 1 saturated heterocycles. The molecule has 0 atom stereocenters. The first-order valence-corrected chi connectivity index (χ1v) is 6.46. The van der Waals surface area contributed by atoms with Crippen LogP contribution in [-0.2, 0) is 4.74 Å². The number of nitro benzene ring substituents is 1. The van der Waals surface area contributed by atoms with Crippen LogP contribution in [-0.4, -0.2) is 56.4 Å². The summed E-state index contributed by atoms with van der Waals surface area (Å²) in [7, 11) is 1.40. The molecule has 1 aromatic carbocycles. The van der Waals surface area contributed by atoms with Crippen LogP contribution < -0.4 is 9.47 Å². The summed E-state index contributed by atoms with van der Waals surface area (Å²) in [5.74, 6) is 0.710. The Morgan fingerprint density at radius 1 is 1.40 bits per heavy atom. The molecule has 1 fully saturated rings. The maximum atomic E-state index is 10.9. The maximum absolute atomic E-state index is 10.9. The topological polar surface area (TPSA) is 74.1 Å². The Kier molecular flexibility index (Phi) is 5.14. The van der Waals surface area contributed by atoms with Crippen LogP contribution in [0.2, 0.25) is 0 Å². The Morgan fingerprint density at radius 2 is 2.15 bits per heavy atom. The van der Waals surface area contributed by atoms with Crippen molar-refractivity contribution in [2.24, 2.45) is 0 Å². The van der Waals surface area contributed by atoms with Gasteiger partial charge in [0.25, 0.3) is 0 Å². The maximum Gasteiger partial charge on any atom is 0.314 e. The molecule has 0 bridgehead atoms. The lowest BCUT2D eigenvalue weighted by molar-refractivity contribution is -0.385. The fourth-order valence-corrected chi connectivity index (χ4v) is 2.02. The average Bonchev–Trinajstić information content (AvgIpc) is 2.48. The van der Waals surface area contributed by atoms with E-state index in [1.54, 1.807) is 12.1 Å². The van der Waals surface area contributed by atoms with Crippen molar-refractivity contribution < 1.29 is 19.1 Å². The van der Waals surface area contributed by atoms with Gasteiger partial charge in [0.15, 0.2) is 5.75 Å². The third-order valence-electron chi connectivity index (χ3n) is 3.13. The molecule has 1 heterocycles. The van der Waals surface area contributed by atoms with Crippen LogP contribution in [0.3, 0.4) is 0 Å². The molecule has 110 valence electrons. The Hall–Kier alpha value is -1.86. The molecule has 0 unspecified atom stereocenters. The molecule has 0 aliphatic carbocycles. The van der Waals surface area contributed by atoms with E-state index in [1.165, 1.54) is 13.2 Å². The second kappa shape index (κ2) is 7.06. The lowest BCUT2D eigenvalue weighted by Crippen LogP contribution is -2.38. The zero-order valence-electron chi connectivity index (χ0n) is 11.4. The first-order chi connectivity index (χ1) is 9.70. The van der Waals surface area contributed by atoms with Gasteiger partial charge in [0.1, 0.15) is 12.4 Å². The van der Waals surface area contributed by atoms with Crippen LogP contribution in [0.15, 0.2) is 18.2 Å². The van der Waals surface area contributed by atoms with Gasteiger partial charge in [-0.05, 0) is 12.1 Å². The lowest BCUT2D eigenvalue weighted by Gasteiger charge is -2.26. The van der Waals surface area contributed by atoms with Gasteiger partial charge < -0.3 is 14.2 Å². The Bertz CT molecular complexity index is 460. The second-order valence-corrected chi connectivity index (χ2v) is 4.39. The van der Waals surface area contributed by atoms with Crippen molar-refractivity contribution in [3.63, 3.8) is 0 Å². The van der Waals surface area contributed by atoms with Crippen molar-refractivity contribution in [2.45, 2.75) is 0 Å². The molecule has 7 heteroatoms. The summed E-state index contributed by atoms with van der Waals surface area (Å²) in [5, 5.41) is 10.9. The van der Waals surface area contributed by atoms with E-state index in [0.717, 1.165) is 32.8 Å². The van der Waals surface area contributed by atoms with E-state index < -0.39 is 4.92 Å². The molecule has 1 aromatic rings. The average molecular weight is 282 g/mol. The summed E-state index contributed by atoms with van der Waals surface area (Å²) in [4.78, 5) is 12.7. The van der Waals surface area contributed by atoms with Crippen LogP contribution >= 0.6 is 0 Å². The highest BCUT2D eigenvalue weighted by molar-refractivity contribution is 5.50. The molecule has 0 amide bonds. The number of hydrogen-bond donors (Lipinski definition) is 0. The molecule has 2 rings (SSSR count). The third kappa shape index (κ3) is 3.82. The highest BCUT2D eigenvalue weighted by atomic mass is 16.6. The highest BCUT2D eigenvalue weighted by Gasteiger charge is 2.16. The van der Waals surface area contributed by atoms with Crippen LogP contribution in [0.5, 0.6) is 11.5 Å². The first-order valence-electron chi connectivity index (χ1n) is 6.46. The van der Waals surface area contributed by atoms with Crippen LogP contribution in [0.25, 0.3) is 0 Å². The van der Waals surface area contributed by atoms with Gasteiger partial charge in [-0.15, -0.1) is 0 Å². The Balaban J connectivity index is 1.89. The zero-order chi connectivity index (χ0) is 14.4. The molecule has 0 spiro atoms. The minimum absolute atomic E-state index is 0.0867. The summed E-state index contributed by atoms with van der Waals surface area (Å²) in [6.45, 7) is 4.55. The molecular formula is C13H18N2O5. The molecule has 0 saturated carbocycles. The third-order valence-corrected chi connectivity index (χ3v) is 3.13. The number of ether oxygens (including phenoxy) is 3. The monoisotopic (exact) mass is 282 g/mol. The van der Waals surface area contributed by atoms with Gasteiger partial charge in [0.05, 0.1) is 31.3 Å². The summed E-state index contributed by atoms with van der Waals surface area (Å²) in [6.07, 6.45) is 0. The first kappa shape index (κ1) is 14.5. The second-order valence-electron chi connectivity index (χ2n) is 4.39. The number of nitrogens with zero attached hydrogens (tertiary/aromatic N) is 2. The minimum Gasteiger partial charge on any atom is -0.492 e. The zero-order valence-corrected chi connectivity index (χ0v) is 11.4. The van der Waals surface area contributed by atoms with E-state index in [-0.39, 0.29) is 11.4 Å². The lowest BCUT2D eigenvalue weighted by atomic mass is 10.3. The van der Waals surface area contributed by atoms with E-state index in [2.05, 4.69) is 4.90 Å².